The van der Waals surface area contributed by atoms with Gasteiger partial charge in [0.2, 0.25) is 0 Å². The number of carbonyl (C=O) groups is 1. The third kappa shape index (κ3) is 4.13. The van der Waals surface area contributed by atoms with Crippen molar-refractivity contribution in [2.45, 2.75) is 9.79 Å². The summed E-state index contributed by atoms with van der Waals surface area (Å²) in [7, 11) is 2.50. The van der Waals surface area contributed by atoms with E-state index in [4.69, 9.17) is 0 Å². The van der Waals surface area contributed by atoms with Gasteiger partial charge in [-0.05, 0) is 36.4 Å². The highest BCUT2D eigenvalue weighted by Gasteiger charge is 2.08. The molecule has 0 saturated carbocycles. The van der Waals surface area contributed by atoms with E-state index in [0.717, 1.165) is 4.90 Å². The molecule has 0 amide bonds. The summed E-state index contributed by atoms with van der Waals surface area (Å²) in [6.45, 7) is 0. The first-order valence-corrected chi connectivity index (χ1v) is 7.69. The van der Waals surface area contributed by atoms with Gasteiger partial charge >= 0.3 is 0 Å². The predicted octanol–water partition coefficient (Wildman–Crippen LogP) is 3.11. The average Bonchev–Trinajstić information content (AvgIpc) is 2.53. The van der Waals surface area contributed by atoms with E-state index in [1.807, 2.05) is 44.4 Å². The van der Waals surface area contributed by atoms with Crippen molar-refractivity contribution in [3.8, 4) is 0 Å². The topological polar surface area (TPSA) is 37.4 Å². The van der Waals surface area contributed by atoms with Crippen molar-refractivity contribution in [1.82, 2.24) is 4.90 Å². The van der Waals surface area contributed by atoms with Gasteiger partial charge in [0.1, 0.15) is 0 Å². The Morgan fingerprint density at radius 3 is 2.10 bits per heavy atom. The summed E-state index contributed by atoms with van der Waals surface area (Å²) in [5.41, 5.74) is 0.585. The van der Waals surface area contributed by atoms with Crippen LogP contribution in [0.1, 0.15) is 10.4 Å². The molecule has 0 radical (unpaired) electrons. The molecule has 2 aromatic carbocycles. The maximum absolute atomic E-state index is 12.3. The molecule has 0 fully saturated rings. The minimum Gasteiger partial charge on any atom is -0.383 e. The Kier molecular flexibility index (Phi) is 5.06. The highest BCUT2D eigenvalue weighted by Crippen LogP contribution is 2.17. The molecule has 2 rings (SSSR count). The van der Waals surface area contributed by atoms with Gasteiger partial charge in [-0.3, -0.25) is 4.79 Å². The number of carbonyl (C=O) groups excluding carboxylic acids is 1. The van der Waals surface area contributed by atoms with E-state index in [-0.39, 0.29) is 5.78 Å². The second kappa shape index (κ2) is 6.99. The molecule has 0 heterocycles. The lowest BCUT2D eigenvalue weighted by atomic mass is 10.1. The summed E-state index contributed by atoms with van der Waals surface area (Å²) >= 11 is 0. The van der Waals surface area contributed by atoms with Gasteiger partial charge in [0, 0.05) is 41.7 Å². The molecule has 0 aliphatic heterocycles. The Bertz CT molecular complexity index is 661. The van der Waals surface area contributed by atoms with Crippen molar-refractivity contribution >= 4 is 16.6 Å². The van der Waals surface area contributed by atoms with E-state index in [0.29, 0.717) is 10.5 Å². The summed E-state index contributed by atoms with van der Waals surface area (Å²) in [6.07, 6.45) is 3.22. The van der Waals surface area contributed by atoms with Crippen molar-refractivity contribution < 1.29 is 9.00 Å². The largest absolute Gasteiger partial charge is 0.383 e. The van der Waals surface area contributed by atoms with Gasteiger partial charge < -0.3 is 4.90 Å². The second-order valence-corrected chi connectivity index (χ2v) is 6.23. The molecule has 0 saturated heterocycles. The lowest BCUT2D eigenvalue weighted by Crippen LogP contribution is -2.03. The SMILES string of the molecule is CN(C)/C=C/C(=O)c1ccc(S(=O)c2ccccc2)cc1. The summed E-state index contributed by atoms with van der Waals surface area (Å²) in [4.78, 5) is 15.2. The number of ketones is 1. The fourth-order valence-corrected chi connectivity index (χ4v) is 2.80. The zero-order valence-corrected chi connectivity index (χ0v) is 12.8. The van der Waals surface area contributed by atoms with Gasteiger partial charge in [-0.1, -0.05) is 18.2 Å². The number of hydrogen-bond acceptors (Lipinski definition) is 3. The highest BCUT2D eigenvalue weighted by molar-refractivity contribution is 7.85. The van der Waals surface area contributed by atoms with Crippen LogP contribution >= 0.6 is 0 Å². The molecule has 0 bridgehead atoms. The Hall–Kier alpha value is -2.20. The van der Waals surface area contributed by atoms with Crippen molar-refractivity contribution in [1.29, 1.82) is 0 Å². The Labute approximate surface area is 127 Å². The normalized spacial score (nSPS) is 12.3. The molecule has 0 aromatic heterocycles. The van der Waals surface area contributed by atoms with E-state index in [1.54, 1.807) is 35.4 Å². The molecule has 0 N–H and O–H groups in total. The third-order valence-corrected chi connectivity index (χ3v) is 4.23. The number of hydrogen-bond donors (Lipinski definition) is 0. The first-order chi connectivity index (χ1) is 10.1. The van der Waals surface area contributed by atoms with Crippen LogP contribution in [-0.2, 0) is 10.8 Å². The zero-order valence-electron chi connectivity index (χ0n) is 12.0. The molecule has 0 spiro atoms. The molecule has 2 aromatic rings. The molecular formula is C17H17NO2S. The summed E-state index contributed by atoms with van der Waals surface area (Å²) in [5.74, 6) is -0.0688. The fourth-order valence-electron chi connectivity index (χ4n) is 1.74. The van der Waals surface area contributed by atoms with Crippen LogP contribution < -0.4 is 0 Å². The quantitative estimate of drug-likeness (QED) is 0.629. The average molecular weight is 299 g/mol. The van der Waals surface area contributed by atoms with Gasteiger partial charge in [0.05, 0.1) is 10.8 Å². The van der Waals surface area contributed by atoms with E-state index < -0.39 is 10.8 Å². The Morgan fingerprint density at radius 2 is 1.52 bits per heavy atom. The number of allylic oxidation sites excluding steroid dienone is 1. The van der Waals surface area contributed by atoms with Gasteiger partial charge in [-0.2, -0.15) is 0 Å². The number of nitrogens with zero attached hydrogens (tertiary/aromatic N) is 1. The maximum Gasteiger partial charge on any atom is 0.187 e. The Morgan fingerprint density at radius 1 is 0.952 bits per heavy atom. The molecule has 0 aliphatic rings. The highest BCUT2D eigenvalue weighted by atomic mass is 32.2. The van der Waals surface area contributed by atoms with Crippen molar-refractivity contribution in [3.05, 3.63) is 72.4 Å². The third-order valence-electron chi connectivity index (χ3n) is 2.83. The van der Waals surface area contributed by atoms with Gasteiger partial charge in [0.25, 0.3) is 0 Å². The maximum atomic E-state index is 12.3. The molecule has 1 atom stereocenters. The summed E-state index contributed by atoms with van der Waals surface area (Å²) in [5, 5.41) is 0. The molecule has 4 heteroatoms. The minimum absolute atomic E-state index is 0.0688. The van der Waals surface area contributed by atoms with E-state index in [2.05, 4.69) is 0 Å². The first-order valence-electron chi connectivity index (χ1n) is 6.54. The van der Waals surface area contributed by atoms with Crippen LogP contribution in [-0.4, -0.2) is 29.0 Å². The van der Waals surface area contributed by atoms with Gasteiger partial charge in [-0.15, -0.1) is 0 Å². The predicted molar refractivity (Wildman–Crippen MR) is 84.7 cm³/mol. The van der Waals surface area contributed by atoms with E-state index >= 15 is 0 Å². The second-order valence-electron chi connectivity index (χ2n) is 4.75. The van der Waals surface area contributed by atoms with Crippen LogP contribution in [0.25, 0.3) is 0 Å². The van der Waals surface area contributed by atoms with Gasteiger partial charge in [-0.25, -0.2) is 4.21 Å². The van der Waals surface area contributed by atoms with Crippen LogP contribution in [0.3, 0.4) is 0 Å². The Balaban J connectivity index is 2.16. The monoisotopic (exact) mass is 299 g/mol. The molecule has 0 aliphatic carbocycles. The summed E-state index contributed by atoms with van der Waals surface area (Å²) in [6, 6.07) is 16.1. The van der Waals surface area contributed by atoms with Crippen molar-refractivity contribution in [2.24, 2.45) is 0 Å². The van der Waals surface area contributed by atoms with E-state index in [1.165, 1.54) is 6.08 Å². The van der Waals surface area contributed by atoms with Crippen molar-refractivity contribution in [3.63, 3.8) is 0 Å². The molecular weight excluding hydrogens is 282 g/mol. The van der Waals surface area contributed by atoms with Crippen molar-refractivity contribution in [2.75, 3.05) is 14.1 Å². The molecule has 1 unspecified atom stereocenters. The first kappa shape index (κ1) is 15.2. The smallest absolute Gasteiger partial charge is 0.187 e. The molecule has 3 nitrogen and oxygen atoms in total. The lowest BCUT2D eigenvalue weighted by molar-refractivity contribution is 0.104. The standard InChI is InChI=1S/C17H17NO2S/c1-18(2)13-12-17(19)14-8-10-16(11-9-14)21(20)15-6-4-3-5-7-15/h3-13H,1-2H3/b13-12+. The van der Waals surface area contributed by atoms with E-state index in [9.17, 15) is 9.00 Å². The molecule has 108 valence electrons. The minimum atomic E-state index is -1.22. The molecule has 21 heavy (non-hydrogen) atoms. The number of benzene rings is 2. The van der Waals surface area contributed by atoms with Crippen LogP contribution in [0.2, 0.25) is 0 Å². The zero-order chi connectivity index (χ0) is 15.2. The van der Waals surface area contributed by atoms with Crippen LogP contribution in [0.15, 0.2) is 76.7 Å². The van der Waals surface area contributed by atoms with Crippen LogP contribution in [0, 0.1) is 0 Å². The van der Waals surface area contributed by atoms with Crippen LogP contribution in [0.5, 0.6) is 0 Å². The van der Waals surface area contributed by atoms with Gasteiger partial charge in [0.15, 0.2) is 5.78 Å². The lowest BCUT2D eigenvalue weighted by Gasteiger charge is -2.04. The van der Waals surface area contributed by atoms with Crippen LogP contribution in [0.4, 0.5) is 0 Å². The summed E-state index contributed by atoms with van der Waals surface area (Å²) < 4.78 is 12.3. The fraction of sp³-hybridized carbons (Fsp3) is 0.118. The number of rotatable bonds is 5.